The molecule has 3 atom stereocenters. The van der Waals surface area contributed by atoms with Gasteiger partial charge in [-0.05, 0) is 24.7 Å². The second-order valence-electron chi connectivity index (χ2n) is 5.10. The zero-order valence-electron chi connectivity index (χ0n) is 9.41. The lowest BCUT2D eigenvalue weighted by Crippen LogP contribution is -2.40. The van der Waals surface area contributed by atoms with Crippen LogP contribution < -0.4 is 0 Å². The van der Waals surface area contributed by atoms with Crippen molar-refractivity contribution in [3.63, 3.8) is 0 Å². The maximum absolute atomic E-state index is 12.5. The molecule has 0 aromatic carbocycles. The first-order valence-corrected chi connectivity index (χ1v) is 5.90. The van der Waals surface area contributed by atoms with Crippen molar-refractivity contribution in [2.75, 3.05) is 19.6 Å². The molecule has 2 aliphatic rings. The molecule has 2 fully saturated rings. The van der Waals surface area contributed by atoms with Gasteiger partial charge in [0, 0.05) is 19.6 Å². The van der Waals surface area contributed by atoms with E-state index in [-0.39, 0.29) is 0 Å². The maximum atomic E-state index is 12.5. The smallest absolute Gasteiger partial charge is 0.403 e. The third kappa shape index (κ3) is 2.73. The lowest BCUT2D eigenvalue weighted by molar-refractivity contribution is -0.196. The van der Waals surface area contributed by atoms with Gasteiger partial charge in [0.25, 0.3) is 0 Å². The molecule has 1 N–H and O–H groups in total. The molecule has 1 saturated heterocycles. The Morgan fingerprint density at radius 1 is 1.29 bits per heavy atom. The summed E-state index contributed by atoms with van der Waals surface area (Å²) in [6.07, 6.45) is -1.34. The zero-order valence-corrected chi connectivity index (χ0v) is 9.41. The normalized spacial score (nSPS) is 31.5. The molecule has 0 bridgehead atoms. The molecule has 1 aliphatic carbocycles. The average Bonchev–Trinajstić information content (AvgIpc) is 2.70. The Labute approximate surface area is 97.6 Å². The van der Waals surface area contributed by atoms with Crippen molar-refractivity contribution in [2.45, 2.75) is 25.4 Å². The van der Waals surface area contributed by atoms with Crippen molar-refractivity contribution in [1.29, 1.82) is 0 Å². The van der Waals surface area contributed by atoms with Crippen LogP contribution in [-0.4, -0.2) is 41.8 Å². The van der Waals surface area contributed by atoms with Crippen molar-refractivity contribution in [1.82, 2.24) is 4.90 Å². The summed E-state index contributed by atoms with van der Waals surface area (Å²) in [5.74, 6) is -3.05. The van der Waals surface area contributed by atoms with Crippen LogP contribution in [-0.2, 0) is 4.79 Å². The van der Waals surface area contributed by atoms with Crippen LogP contribution >= 0.6 is 0 Å². The van der Waals surface area contributed by atoms with Crippen LogP contribution in [0.3, 0.4) is 0 Å². The molecule has 1 heterocycles. The Morgan fingerprint density at radius 3 is 2.24 bits per heavy atom. The number of likely N-dealkylation sites (tertiary alicyclic amines) is 1. The van der Waals surface area contributed by atoms with Crippen LogP contribution in [0.1, 0.15) is 19.3 Å². The SMILES string of the molecule is O=C(O)C(CN1CC2CCCC2C1)C(F)(F)F. The lowest BCUT2D eigenvalue weighted by atomic mass is 10.0. The standard InChI is InChI=1S/C11H16F3NO2/c12-11(13,14)9(10(16)17)6-15-4-7-2-1-3-8(7)5-15/h7-9H,1-6H2,(H,16,17). The number of halogens is 3. The summed E-state index contributed by atoms with van der Waals surface area (Å²) in [5.41, 5.74) is 0. The second kappa shape index (κ2) is 4.48. The van der Waals surface area contributed by atoms with Crippen molar-refractivity contribution in [3.8, 4) is 0 Å². The predicted octanol–water partition coefficient (Wildman–Crippen LogP) is 1.98. The number of carboxylic acid groups (broad SMARTS) is 1. The van der Waals surface area contributed by atoms with E-state index in [2.05, 4.69) is 0 Å². The first-order valence-electron chi connectivity index (χ1n) is 5.90. The molecule has 3 nitrogen and oxygen atoms in total. The van der Waals surface area contributed by atoms with Gasteiger partial charge in [0.1, 0.15) is 0 Å². The monoisotopic (exact) mass is 251 g/mol. The Hall–Kier alpha value is -0.780. The Morgan fingerprint density at radius 2 is 1.82 bits per heavy atom. The Bertz CT molecular complexity index is 294. The molecule has 17 heavy (non-hydrogen) atoms. The Kier molecular flexibility index (Phi) is 3.34. The van der Waals surface area contributed by atoms with E-state index in [1.807, 2.05) is 0 Å². The molecule has 3 unspecified atom stereocenters. The van der Waals surface area contributed by atoms with Crippen molar-refractivity contribution in [3.05, 3.63) is 0 Å². The van der Waals surface area contributed by atoms with Crippen LogP contribution in [0.4, 0.5) is 13.2 Å². The maximum Gasteiger partial charge on any atom is 0.403 e. The van der Waals surface area contributed by atoms with Gasteiger partial charge in [-0.25, -0.2) is 0 Å². The molecule has 0 spiro atoms. The third-order valence-corrected chi connectivity index (χ3v) is 3.94. The van der Waals surface area contributed by atoms with E-state index in [1.54, 1.807) is 4.90 Å². The van der Waals surface area contributed by atoms with Gasteiger partial charge < -0.3 is 10.0 Å². The fourth-order valence-electron chi connectivity index (χ4n) is 3.06. The quantitative estimate of drug-likeness (QED) is 0.833. The summed E-state index contributed by atoms with van der Waals surface area (Å²) in [4.78, 5) is 12.3. The van der Waals surface area contributed by atoms with Gasteiger partial charge in [-0.2, -0.15) is 13.2 Å². The highest BCUT2D eigenvalue weighted by Gasteiger charge is 2.47. The molecule has 2 rings (SSSR count). The molecule has 0 aromatic rings. The van der Waals surface area contributed by atoms with E-state index in [0.29, 0.717) is 24.9 Å². The summed E-state index contributed by atoms with van der Waals surface area (Å²) in [6, 6.07) is 0. The van der Waals surface area contributed by atoms with Crippen LogP contribution in [0.2, 0.25) is 0 Å². The third-order valence-electron chi connectivity index (χ3n) is 3.94. The second-order valence-corrected chi connectivity index (χ2v) is 5.10. The van der Waals surface area contributed by atoms with E-state index in [0.717, 1.165) is 19.3 Å². The predicted molar refractivity (Wildman–Crippen MR) is 54.5 cm³/mol. The van der Waals surface area contributed by atoms with Crippen LogP contribution in [0.5, 0.6) is 0 Å². The number of aliphatic carboxylic acids is 1. The number of rotatable bonds is 3. The van der Waals surface area contributed by atoms with E-state index in [4.69, 9.17) is 5.11 Å². The van der Waals surface area contributed by atoms with Crippen molar-refractivity contribution >= 4 is 5.97 Å². The number of hydrogen-bond donors (Lipinski definition) is 1. The Balaban J connectivity index is 1.94. The van der Waals surface area contributed by atoms with E-state index in [9.17, 15) is 18.0 Å². The molecule has 0 amide bonds. The fourth-order valence-corrected chi connectivity index (χ4v) is 3.06. The average molecular weight is 251 g/mol. The van der Waals surface area contributed by atoms with Gasteiger partial charge in [-0.3, -0.25) is 4.79 Å². The van der Waals surface area contributed by atoms with Crippen molar-refractivity contribution in [2.24, 2.45) is 17.8 Å². The summed E-state index contributed by atoms with van der Waals surface area (Å²) in [7, 11) is 0. The highest BCUT2D eigenvalue weighted by Crippen LogP contribution is 2.38. The minimum absolute atomic E-state index is 0.397. The van der Waals surface area contributed by atoms with Gasteiger partial charge in [-0.1, -0.05) is 6.42 Å². The highest BCUT2D eigenvalue weighted by atomic mass is 19.4. The van der Waals surface area contributed by atoms with E-state index >= 15 is 0 Å². The van der Waals surface area contributed by atoms with Gasteiger partial charge in [0.15, 0.2) is 5.92 Å². The van der Waals surface area contributed by atoms with Crippen LogP contribution in [0.25, 0.3) is 0 Å². The first-order chi connectivity index (χ1) is 7.88. The number of nitrogens with zero attached hydrogens (tertiary/aromatic N) is 1. The van der Waals surface area contributed by atoms with E-state index in [1.165, 1.54) is 0 Å². The molecule has 0 aromatic heterocycles. The molecule has 1 aliphatic heterocycles. The van der Waals surface area contributed by atoms with Gasteiger partial charge in [-0.15, -0.1) is 0 Å². The number of hydrogen-bond acceptors (Lipinski definition) is 2. The molecular formula is C11H16F3NO2. The number of carbonyl (C=O) groups is 1. The number of fused-ring (bicyclic) bond motifs is 1. The molecule has 0 radical (unpaired) electrons. The molecule has 98 valence electrons. The van der Waals surface area contributed by atoms with Gasteiger partial charge in [0.2, 0.25) is 0 Å². The minimum atomic E-state index is -4.65. The zero-order chi connectivity index (χ0) is 12.6. The van der Waals surface area contributed by atoms with Gasteiger partial charge in [0.05, 0.1) is 0 Å². The van der Waals surface area contributed by atoms with E-state index < -0.39 is 24.6 Å². The summed E-state index contributed by atoms with van der Waals surface area (Å²) >= 11 is 0. The number of carboxylic acids is 1. The lowest BCUT2D eigenvalue weighted by Gasteiger charge is -2.23. The fraction of sp³-hybridized carbons (Fsp3) is 0.909. The summed E-state index contributed by atoms with van der Waals surface area (Å²) in [6.45, 7) is 0.862. The van der Waals surface area contributed by atoms with Crippen LogP contribution in [0, 0.1) is 17.8 Å². The summed E-state index contributed by atoms with van der Waals surface area (Å²) < 4.78 is 37.5. The first kappa shape index (κ1) is 12.7. The highest BCUT2D eigenvalue weighted by molar-refractivity contribution is 5.71. The molecular weight excluding hydrogens is 235 g/mol. The van der Waals surface area contributed by atoms with Crippen molar-refractivity contribution < 1.29 is 23.1 Å². The molecule has 1 saturated carbocycles. The van der Waals surface area contributed by atoms with Crippen LogP contribution in [0.15, 0.2) is 0 Å². The topological polar surface area (TPSA) is 40.5 Å². The minimum Gasteiger partial charge on any atom is -0.481 e. The largest absolute Gasteiger partial charge is 0.481 e. The molecule has 6 heteroatoms. The van der Waals surface area contributed by atoms with Gasteiger partial charge >= 0.3 is 12.1 Å². The summed E-state index contributed by atoms with van der Waals surface area (Å²) in [5, 5.41) is 8.63. The number of alkyl halides is 3.